The molecule has 8 nitrogen and oxygen atoms in total. The number of ether oxygens (including phenoxy) is 2. The Morgan fingerprint density at radius 3 is 2.54 bits per heavy atom. The van der Waals surface area contributed by atoms with Crippen LogP contribution < -0.4 is 9.38 Å². The SMILES string of the molecule is CCCCCCOc1ccc(C(=O)OC2CN(C)C[N+]2([O-])c2nnc(SCCCCCC)s2)cc1. The van der Waals surface area contributed by atoms with Gasteiger partial charge < -0.3 is 14.7 Å². The summed E-state index contributed by atoms with van der Waals surface area (Å²) in [5.74, 6) is 1.17. The minimum Gasteiger partial charge on any atom is -0.622 e. The minimum absolute atomic E-state index is 0.165. The van der Waals surface area contributed by atoms with Gasteiger partial charge in [0.2, 0.25) is 0 Å². The van der Waals surface area contributed by atoms with Gasteiger partial charge in [-0.2, -0.15) is 0 Å². The zero-order valence-corrected chi connectivity index (χ0v) is 22.7. The lowest BCUT2D eigenvalue weighted by Crippen LogP contribution is -2.50. The van der Waals surface area contributed by atoms with Gasteiger partial charge >= 0.3 is 11.1 Å². The molecule has 194 valence electrons. The van der Waals surface area contributed by atoms with E-state index in [0.717, 1.165) is 35.1 Å². The first kappa shape index (κ1) is 27.9. The second-order valence-corrected chi connectivity index (χ2v) is 11.3. The molecule has 1 fully saturated rings. The largest absolute Gasteiger partial charge is 0.622 e. The van der Waals surface area contributed by atoms with Crippen molar-refractivity contribution in [2.75, 3.05) is 32.6 Å². The number of esters is 1. The number of benzene rings is 1. The number of likely N-dealkylation sites (N-methyl/N-ethyl adjacent to an activating group) is 1. The van der Waals surface area contributed by atoms with E-state index >= 15 is 0 Å². The number of quaternary nitrogens is 1. The molecule has 2 atom stereocenters. The molecule has 1 aromatic heterocycles. The molecular weight excluding hydrogens is 484 g/mol. The summed E-state index contributed by atoms with van der Waals surface area (Å²) in [6.07, 6.45) is 8.43. The molecule has 2 unspecified atom stereocenters. The van der Waals surface area contributed by atoms with E-state index < -0.39 is 16.8 Å². The molecular formula is C25H38N4O4S2. The summed E-state index contributed by atoms with van der Waals surface area (Å²) in [6.45, 7) is 5.54. The Labute approximate surface area is 217 Å². The van der Waals surface area contributed by atoms with Crippen molar-refractivity contribution in [3.05, 3.63) is 35.0 Å². The molecule has 0 aliphatic carbocycles. The first-order valence-electron chi connectivity index (χ1n) is 12.6. The Morgan fingerprint density at radius 2 is 1.83 bits per heavy atom. The Morgan fingerprint density at radius 1 is 1.11 bits per heavy atom. The van der Waals surface area contributed by atoms with Gasteiger partial charge in [-0.3, -0.25) is 4.65 Å². The van der Waals surface area contributed by atoms with E-state index in [9.17, 15) is 10.0 Å². The highest BCUT2D eigenvalue weighted by Gasteiger charge is 2.45. The van der Waals surface area contributed by atoms with Gasteiger partial charge in [-0.25, -0.2) is 9.69 Å². The molecule has 1 aliphatic heterocycles. The number of aromatic nitrogens is 2. The maximum Gasteiger partial charge on any atom is 0.342 e. The predicted molar refractivity (Wildman–Crippen MR) is 143 cm³/mol. The van der Waals surface area contributed by atoms with Gasteiger partial charge in [0.05, 0.1) is 18.7 Å². The molecule has 2 aromatic rings. The van der Waals surface area contributed by atoms with Crippen LogP contribution in [0.5, 0.6) is 5.75 Å². The molecule has 0 bridgehead atoms. The zero-order chi connectivity index (χ0) is 25.1. The van der Waals surface area contributed by atoms with Crippen LogP contribution in [0.3, 0.4) is 0 Å². The van der Waals surface area contributed by atoms with Crippen LogP contribution in [0, 0.1) is 5.21 Å². The number of thioether (sulfide) groups is 1. The Kier molecular flexibility index (Phi) is 11.2. The summed E-state index contributed by atoms with van der Waals surface area (Å²) in [7, 11) is 1.84. The first-order valence-corrected chi connectivity index (χ1v) is 14.4. The second-order valence-electron chi connectivity index (χ2n) is 9.03. The quantitative estimate of drug-likeness (QED) is 0.0917. The van der Waals surface area contributed by atoms with E-state index in [1.165, 1.54) is 43.4 Å². The molecule has 3 rings (SSSR count). The van der Waals surface area contributed by atoms with E-state index in [-0.39, 0.29) is 6.67 Å². The number of carbonyl (C=O) groups is 1. The number of rotatable bonds is 15. The van der Waals surface area contributed by atoms with E-state index in [0.29, 0.717) is 23.8 Å². The summed E-state index contributed by atoms with van der Waals surface area (Å²) in [4.78, 5) is 14.7. The minimum atomic E-state index is -0.891. The van der Waals surface area contributed by atoms with Gasteiger partial charge in [0.15, 0.2) is 4.34 Å². The topological polar surface area (TPSA) is 87.6 Å². The van der Waals surface area contributed by atoms with E-state index in [4.69, 9.17) is 9.47 Å². The molecule has 0 amide bonds. The van der Waals surface area contributed by atoms with Crippen molar-refractivity contribution in [2.24, 2.45) is 0 Å². The van der Waals surface area contributed by atoms with E-state index in [1.54, 1.807) is 36.0 Å². The van der Waals surface area contributed by atoms with Crippen molar-refractivity contribution >= 4 is 34.2 Å². The highest BCUT2D eigenvalue weighted by molar-refractivity contribution is 8.01. The van der Waals surface area contributed by atoms with Crippen LogP contribution in [-0.4, -0.2) is 59.9 Å². The summed E-state index contributed by atoms with van der Waals surface area (Å²) < 4.78 is 11.4. The number of hydroxylamine groups is 2. The lowest BCUT2D eigenvalue weighted by molar-refractivity contribution is 0.00559. The van der Waals surface area contributed by atoms with Gasteiger partial charge in [-0.05, 0) is 55.5 Å². The maximum atomic E-state index is 13.8. The monoisotopic (exact) mass is 522 g/mol. The molecule has 10 heteroatoms. The maximum absolute atomic E-state index is 13.8. The van der Waals surface area contributed by atoms with Crippen molar-refractivity contribution in [2.45, 2.75) is 75.8 Å². The van der Waals surface area contributed by atoms with Gasteiger partial charge in [0.1, 0.15) is 12.4 Å². The number of nitrogens with zero attached hydrogens (tertiary/aromatic N) is 4. The fourth-order valence-electron chi connectivity index (χ4n) is 3.91. The molecule has 35 heavy (non-hydrogen) atoms. The predicted octanol–water partition coefficient (Wildman–Crippen LogP) is 6.06. The molecule has 2 heterocycles. The summed E-state index contributed by atoms with van der Waals surface area (Å²) in [5.41, 5.74) is 0.394. The Bertz CT molecular complexity index is 911. The number of hydrogen-bond acceptors (Lipinski definition) is 9. The van der Waals surface area contributed by atoms with E-state index in [2.05, 4.69) is 24.0 Å². The van der Waals surface area contributed by atoms with Crippen molar-refractivity contribution in [3.8, 4) is 5.75 Å². The average Bonchev–Trinajstić information content (AvgIpc) is 3.44. The van der Waals surface area contributed by atoms with Gasteiger partial charge in [-0.1, -0.05) is 69.2 Å². The van der Waals surface area contributed by atoms with Gasteiger partial charge in [0, 0.05) is 5.75 Å². The molecule has 1 saturated heterocycles. The van der Waals surface area contributed by atoms with Gasteiger partial charge in [0.25, 0.3) is 6.23 Å². The summed E-state index contributed by atoms with van der Waals surface area (Å²) in [6, 6.07) is 6.90. The fourth-order valence-corrected chi connectivity index (χ4v) is 5.89. The van der Waals surface area contributed by atoms with Crippen molar-refractivity contribution < 1.29 is 14.3 Å². The van der Waals surface area contributed by atoms with Gasteiger partial charge in [-0.15, -0.1) is 5.10 Å². The Hall–Kier alpha value is -1.72. The molecule has 1 aromatic carbocycles. The molecule has 1 aliphatic rings. The molecule has 0 spiro atoms. The van der Waals surface area contributed by atoms with Crippen LogP contribution in [0.4, 0.5) is 5.13 Å². The average molecular weight is 523 g/mol. The van der Waals surface area contributed by atoms with E-state index in [1.807, 2.05) is 11.9 Å². The van der Waals surface area contributed by atoms with Crippen LogP contribution in [0.15, 0.2) is 28.6 Å². The van der Waals surface area contributed by atoms with Crippen molar-refractivity contribution in [1.29, 1.82) is 0 Å². The van der Waals surface area contributed by atoms with Crippen LogP contribution in [0.25, 0.3) is 0 Å². The molecule has 0 saturated carbocycles. The van der Waals surface area contributed by atoms with Crippen LogP contribution in [-0.2, 0) is 4.74 Å². The zero-order valence-electron chi connectivity index (χ0n) is 21.1. The molecule has 0 radical (unpaired) electrons. The van der Waals surface area contributed by atoms with Crippen LogP contribution in [0.1, 0.15) is 75.6 Å². The fraction of sp³-hybridized carbons (Fsp3) is 0.640. The third kappa shape index (κ3) is 8.15. The normalized spacial score (nSPS) is 20.3. The standard InChI is InChI=1S/C25H38N4O4S2/c1-4-6-8-10-16-32-21-14-12-20(13-15-21)23(30)33-22-18-28(3)19-29(22,31)24-26-27-25(35-24)34-17-11-9-7-5-2/h12-15,22H,4-11,16-19H2,1-3H3. The van der Waals surface area contributed by atoms with Crippen LogP contribution >= 0.6 is 23.1 Å². The lowest BCUT2D eigenvalue weighted by atomic mass is 10.2. The second kappa shape index (κ2) is 14.1. The smallest absolute Gasteiger partial charge is 0.342 e. The highest BCUT2D eigenvalue weighted by Crippen LogP contribution is 2.37. The first-order chi connectivity index (χ1) is 17.0. The lowest BCUT2D eigenvalue weighted by Gasteiger charge is -2.38. The molecule has 0 N–H and O–H groups in total. The van der Waals surface area contributed by atoms with Crippen molar-refractivity contribution in [3.63, 3.8) is 0 Å². The third-order valence-electron chi connectivity index (χ3n) is 5.93. The third-order valence-corrected chi connectivity index (χ3v) is 8.18. The Balaban J connectivity index is 1.56. The summed E-state index contributed by atoms with van der Waals surface area (Å²) >= 11 is 2.94. The number of hydrogen-bond donors (Lipinski definition) is 0. The number of carbonyl (C=O) groups excluding carboxylic acids is 1. The van der Waals surface area contributed by atoms with Crippen LogP contribution in [0.2, 0.25) is 0 Å². The van der Waals surface area contributed by atoms with Crippen molar-refractivity contribution in [1.82, 2.24) is 19.7 Å². The number of unbranched alkanes of at least 4 members (excludes halogenated alkanes) is 6. The summed E-state index contributed by atoms with van der Waals surface area (Å²) in [5, 5.41) is 22.5. The highest BCUT2D eigenvalue weighted by atomic mass is 32.2.